The molecule has 0 unspecified atom stereocenters. The van der Waals surface area contributed by atoms with Crippen LogP contribution in [0.5, 0.6) is 5.75 Å². The molecule has 2 aromatic rings. The van der Waals surface area contributed by atoms with Crippen LogP contribution in [0.3, 0.4) is 0 Å². The fourth-order valence-electron chi connectivity index (χ4n) is 2.90. The summed E-state index contributed by atoms with van der Waals surface area (Å²) in [6, 6.07) is 12.0. The summed E-state index contributed by atoms with van der Waals surface area (Å²) in [5.74, 6) is 1.03. The number of aliphatic imine (C=N–C) groups is 1. The Morgan fingerprint density at radius 3 is 2.50 bits per heavy atom. The van der Waals surface area contributed by atoms with Crippen LogP contribution in [0.2, 0.25) is 0 Å². The summed E-state index contributed by atoms with van der Waals surface area (Å²) >= 11 is 0. The molecule has 7 nitrogen and oxygen atoms in total. The number of nitrogens with one attached hydrogen (secondary N) is 3. The number of amides is 1. The van der Waals surface area contributed by atoms with E-state index in [1.165, 1.54) is 12.1 Å². The number of carbonyl (C=O) groups is 1. The van der Waals surface area contributed by atoms with Crippen LogP contribution in [0, 0.1) is 12.7 Å². The van der Waals surface area contributed by atoms with Crippen molar-refractivity contribution >= 4 is 11.9 Å². The Hall–Kier alpha value is -3.13. The molecule has 0 saturated carbocycles. The molecule has 0 bridgehead atoms. The Morgan fingerprint density at radius 1 is 1.03 bits per heavy atom. The molecule has 2 aromatic carbocycles. The summed E-state index contributed by atoms with van der Waals surface area (Å²) in [6.45, 7) is 7.15. The lowest BCUT2D eigenvalue weighted by atomic mass is 10.1. The number of guanidine groups is 1. The number of hydrogen-bond donors (Lipinski definition) is 3. The Kier molecular flexibility index (Phi) is 11.0. The maximum atomic E-state index is 13.0. The van der Waals surface area contributed by atoms with Gasteiger partial charge in [0.25, 0.3) is 0 Å². The summed E-state index contributed by atoms with van der Waals surface area (Å²) in [7, 11) is 1.64. The highest BCUT2D eigenvalue weighted by molar-refractivity contribution is 5.80. The van der Waals surface area contributed by atoms with Crippen molar-refractivity contribution in [2.24, 2.45) is 4.99 Å². The fourth-order valence-corrected chi connectivity index (χ4v) is 2.90. The number of benzene rings is 2. The first-order chi connectivity index (χ1) is 15.5. The molecule has 0 atom stereocenters. The Bertz CT molecular complexity index is 872. The Balaban J connectivity index is 1.83. The molecule has 0 radical (unpaired) electrons. The van der Waals surface area contributed by atoms with E-state index >= 15 is 0 Å². The standard InChI is InChI=1S/C24H33FN4O3/c1-4-26-24(28-12-11-27-23(30)16-19-6-9-21(25)10-7-19)29-17-20-8-5-18(2)15-22(20)32-14-13-31-3/h5-10,15H,4,11-14,16-17H2,1-3H3,(H,27,30)(H2,26,28,29). The van der Waals surface area contributed by atoms with Gasteiger partial charge in [-0.2, -0.15) is 0 Å². The third-order valence-electron chi connectivity index (χ3n) is 4.54. The predicted molar refractivity (Wildman–Crippen MR) is 124 cm³/mol. The smallest absolute Gasteiger partial charge is 0.224 e. The van der Waals surface area contributed by atoms with Gasteiger partial charge in [-0.25, -0.2) is 9.38 Å². The predicted octanol–water partition coefficient (Wildman–Crippen LogP) is 2.57. The van der Waals surface area contributed by atoms with Gasteiger partial charge in [0.05, 0.1) is 19.6 Å². The van der Waals surface area contributed by atoms with Gasteiger partial charge in [0.2, 0.25) is 5.91 Å². The van der Waals surface area contributed by atoms with E-state index in [0.29, 0.717) is 45.4 Å². The number of methoxy groups -OCH3 is 1. The van der Waals surface area contributed by atoms with E-state index in [1.807, 2.05) is 32.0 Å². The molecule has 0 fully saturated rings. The lowest BCUT2D eigenvalue weighted by Crippen LogP contribution is -2.41. The van der Waals surface area contributed by atoms with E-state index in [-0.39, 0.29) is 18.1 Å². The molecule has 1 amide bonds. The molecule has 174 valence electrons. The van der Waals surface area contributed by atoms with Crippen molar-refractivity contribution in [2.45, 2.75) is 26.8 Å². The first kappa shape index (κ1) is 25.1. The summed E-state index contributed by atoms with van der Waals surface area (Å²) < 4.78 is 23.8. The third-order valence-corrected chi connectivity index (χ3v) is 4.54. The van der Waals surface area contributed by atoms with Gasteiger partial charge in [0, 0.05) is 32.3 Å². The van der Waals surface area contributed by atoms with Crippen LogP contribution in [0.4, 0.5) is 4.39 Å². The largest absolute Gasteiger partial charge is 0.491 e. The van der Waals surface area contributed by atoms with E-state index < -0.39 is 0 Å². The Morgan fingerprint density at radius 2 is 1.78 bits per heavy atom. The number of halogens is 1. The topological polar surface area (TPSA) is 84.0 Å². The second kappa shape index (κ2) is 14.0. The van der Waals surface area contributed by atoms with Crippen LogP contribution in [0.15, 0.2) is 47.5 Å². The van der Waals surface area contributed by atoms with Crippen molar-refractivity contribution in [1.82, 2.24) is 16.0 Å². The number of carbonyl (C=O) groups excluding carboxylic acids is 1. The zero-order valence-electron chi connectivity index (χ0n) is 19.0. The first-order valence-corrected chi connectivity index (χ1v) is 10.8. The van der Waals surface area contributed by atoms with Crippen LogP contribution in [-0.4, -0.2) is 51.8 Å². The molecule has 0 spiro atoms. The van der Waals surface area contributed by atoms with Crippen molar-refractivity contribution in [2.75, 3.05) is 40.0 Å². The van der Waals surface area contributed by atoms with Crippen molar-refractivity contribution in [3.8, 4) is 5.75 Å². The molecule has 0 saturated heterocycles. The molecule has 32 heavy (non-hydrogen) atoms. The van der Waals surface area contributed by atoms with Gasteiger partial charge < -0.3 is 25.4 Å². The highest BCUT2D eigenvalue weighted by atomic mass is 19.1. The molecule has 3 N–H and O–H groups in total. The minimum Gasteiger partial charge on any atom is -0.491 e. The molecule has 8 heteroatoms. The lowest BCUT2D eigenvalue weighted by molar-refractivity contribution is -0.120. The van der Waals surface area contributed by atoms with Gasteiger partial charge >= 0.3 is 0 Å². The maximum Gasteiger partial charge on any atom is 0.224 e. The number of hydrogen-bond acceptors (Lipinski definition) is 4. The van der Waals surface area contributed by atoms with Crippen molar-refractivity contribution < 1.29 is 18.7 Å². The molecule has 0 heterocycles. The molecule has 0 aliphatic heterocycles. The second-order valence-corrected chi connectivity index (χ2v) is 7.23. The van der Waals surface area contributed by atoms with E-state index in [0.717, 1.165) is 22.4 Å². The number of aryl methyl sites for hydroxylation is 1. The second-order valence-electron chi connectivity index (χ2n) is 7.23. The molecular formula is C24H33FN4O3. The van der Waals surface area contributed by atoms with Crippen LogP contribution < -0.4 is 20.7 Å². The van der Waals surface area contributed by atoms with Crippen LogP contribution in [-0.2, 0) is 22.5 Å². The van der Waals surface area contributed by atoms with E-state index in [2.05, 4.69) is 20.9 Å². The molecule has 0 aliphatic rings. The fraction of sp³-hybridized carbons (Fsp3) is 0.417. The summed E-state index contributed by atoms with van der Waals surface area (Å²) in [5, 5.41) is 9.26. The van der Waals surface area contributed by atoms with Gasteiger partial charge in [0.15, 0.2) is 5.96 Å². The zero-order chi connectivity index (χ0) is 23.2. The van der Waals surface area contributed by atoms with Crippen molar-refractivity contribution in [1.29, 1.82) is 0 Å². The van der Waals surface area contributed by atoms with E-state index in [1.54, 1.807) is 19.2 Å². The highest BCUT2D eigenvalue weighted by Gasteiger charge is 2.06. The quantitative estimate of drug-likeness (QED) is 0.266. The average Bonchev–Trinajstić information content (AvgIpc) is 2.77. The monoisotopic (exact) mass is 444 g/mol. The van der Waals surface area contributed by atoms with Gasteiger partial charge in [0.1, 0.15) is 18.2 Å². The highest BCUT2D eigenvalue weighted by Crippen LogP contribution is 2.21. The van der Waals surface area contributed by atoms with Gasteiger partial charge in [-0.05, 0) is 43.2 Å². The number of rotatable bonds is 12. The van der Waals surface area contributed by atoms with Gasteiger partial charge in [-0.3, -0.25) is 4.79 Å². The lowest BCUT2D eigenvalue weighted by Gasteiger charge is -2.14. The van der Waals surface area contributed by atoms with Gasteiger partial charge in [-0.15, -0.1) is 0 Å². The summed E-state index contributed by atoms with van der Waals surface area (Å²) in [4.78, 5) is 16.7. The van der Waals surface area contributed by atoms with Crippen molar-refractivity contribution in [3.05, 3.63) is 65.0 Å². The SMILES string of the molecule is CCNC(=NCc1ccc(C)cc1OCCOC)NCCNC(=O)Cc1ccc(F)cc1. The summed E-state index contributed by atoms with van der Waals surface area (Å²) in [5.41, 5.74) is 2.87. The normalized spacial score (nSPS) is 11.2. The number of nitrogens with zero attached hydrogens (tertiary/aromatic N) is 1. The zero-order valence-corrected chi connectivity index (χ0v) is 19.0. The van der Waals surface area contributed by atoms with Crippen LogP contribution in [0.25, 0.3) is 0 Å². The Labute approximate surface area is 189 Å². The molecule has 0 aromatic heterocycles. The maximum absolute atomic E-state index is 13.0. The minimum absolute atomic E-state index is 0.113. The third kappa shape index (κ3) is 9.34. The van der Waals surface area contributed by atoms with Crippen LogP contribution >= 0.6 is 0 Å². The van der Waals surface area contributed by atoms with E-state index in [9.17, 15) is 9.18 Å². The molecule has 2 rings (SSSR count). The van der Waals surface area contributed by atoms with Crippen LogP contribution in [0.1, 0.15) is 23.6 Å². The van der Waals surface area contributed by atoms with Gasteiger partial charge in [-0.1, -0.05) is 24.3 Å². The minimum atomic E-state index is -0.312. The summed E-state index contributed by atoms with van der Waals surface area (Å²) in [6.07, 6.45) is 0.216. The van der Waals surface area contributed by atoms with E-state index in [4.69, 9.17) is 9.47 Å². The molecule has 0 aliphatic carbocycles. The number of ether oxygens (including phenoxy) is 2. The molecular weight excluding hydrogens is 411 g/mol. The van der Waals surface area contributed by atoms with Crippen molar-refractivity contribution in [3.63, 3.8) is 0 Å². The average molecular weight is 445 g/mol. The first-order valence-electron chi connectivity index (χ1n) is 10.8.